The molecule has 0 saturated heterocycles. The molecule has 0 bridgehead atoms. The molecule has 11 nitrogen and oxygen atoms in total. The number of halogens is 7. The molecule has 7 rings (SSSR count). The van der Waals surface area contributed by atoms with E-state index in [9.17, 15) is 45.4 Å². The number of ketones is 2. The van der Waals surface area contributed by atoms with Crippen molar-refractivity contribution < 1.29 is 59.3 Å². The highest BCUT2D eigenvalue weighted by Crippen LogP contribution is 2.46. The van der Waals surface area contributed by atoms with Crippen LogP contribution in [-0.2, 0) is 17.5 Å². The lowest BCUT2D eigenvalue weighted by Gasteiger charge is -2.45. The molecular formula is C51H56F7N5O6Si. The molecule has 0 unspecified atom stereocenters. The Bertz CT molecular complexity index is 2680. The smallest absolute Gasteiger partial charge is 0.413 e. The van der Waals surface area contributed by atoms with Gasteiger partial charge in [-0.1, -0.05) is 65.8 Å². The van der Waals surface area contributed by atoms with Gasteiger partial charge in [-0.15, -0.1) is 26.3 Å². The number of anilines is 1. The Labute approximate surface area is 402 Å². The second-order valence-corrected chi connectivity index (χ2v) is 23.6. The standard InChI is InChI=1S/C33H44F3N3O4Si.C18H12F4N2O2/c1-21(2)44(22(3)4,23(5)6)43-31-16-27(15-26(31)20-40)38-30-10-12-37-17-29(30)32(41)25-11-13-39(19-25)18-24-8-7-9-28(14-24)42-33(34,35)36;19-16-4-6-23-9-15(16)17(25)13-5-7-24(11-13)10-12-2-1-3-14(8-12)26-18(20,21)22/h7-14,17,19,21-23,26-27,31,40H,15-16,18,20H2,1-6H3,(H,37,38);1-9,11H,10H2/t26-,27-,31+;/m1./s1. The monoisotopic (exact) mass is 995 g/mol. The lowest BCUT2D eigenvalue weighted by Crippen LogP contribution is -2.51. The molecular weight excluding hydrogens is 940 g/mol. The van der Waals surface area contributed by atoms with Gasteiger partial charge in [0, 0.05) is 98.0 Å². The van der Waals surface area contributed by atoms with Crippen LogP contribution in [0.3, 0.4) is 0 Å². The first-order valence-corrected chi connectivity index (χ1v) is 24.9. The summed E-state index contributed by atoms with van der Waals surface area (Å²) >= 11 is 0. The van der Waals surface area contributed by atoms with Crippen LogP contribution in [0.4, 0.5) is 36.4 Å². The Balaban J connectivity index is 0.000000262. The topological polar surface area (TPSA) is 130 Å². The summed E-state index contributed by atoms with van der Waals surface area (Å²) in [4.78, 5) is 33.9. The number of hydrogen-bond donors (Lipinski definition) is 2. The maximum atomic E-state index is 13.7. The van der Waals surface area contributed by atoms with E-state index in [1.165, 1.54) is 54.9 Å². The first-order chi connectivity index (χ1) is 33.0. The maximum Gasteiger partial charge on any atom is 0.573 e. The van der Waals surface area contributed by atoms with Crippen molar-refractivity contribution in [3.8, 4) is 11.5 Å². The fourth-order valence-corrected chi connectivity index (χ4v) is 15.1. The molecule has 6 aromatic rings. The van der Waals surface area contributed by atoms with Crippen molar-refractivity contribution in [2.75, 3.05) is 11.9 Å². The summed E-state index contributed by atoms with van der Waals surface area (Å²) in [6, 6.07) is 17.4. The zero-order valence-corrected chi connectivity index (χ0v) is 40.5. The Morgan fingerprint density at radius 2 is 1.20 bits per heavy atom. The first-order valence-electron chi connectivity index (χ1n) is 22.7. The first kappa shape index (κ1) is 53.0. The summed E-state index contributed by atoms with van der Waals surface area (Å²) in [6.45, 7) is 14.1. The Morgan fingerprint density at radius 3 is 1.67 bits per heavy atom. The highest BCUT2D eigenvalue weighted by atomic mass is 28.4. The number of aliphatic hydroxyl groups excluding tert-OH is 1. The van der Waals surface area contributed by atoms with Crippen LogP contribution in [0.25, 0.3) is 0 Å². The number of carbonyl (C=O) groups excluding carboxylic acids is 2. The van der Waals surface area contributed by atoms with Crippen LogP contribution < -0.4 is 14.8 Å². The molecule has 3 atom stereocenters. The van der Waals surface area contributed by atoms with Crippen LogP contribution in [0.5, 0.6) is 11.5 Å². The van der Waals surface area contributed by atoms with Crippen LogP contribution in [-0.4, -0.2) is 75.6 Å². The van der Waals surface area contributed by atoms with Gasteiger partial charge in [-0.25, -0.2) is 4.39 Å². The van der Waals surface area contributed by atoms with E-state index in [4.69, 9.17) is 4.43 Å². The van der Waals surface area contributed by atoms with Gasteiger partial charge in [-0.3, -0.25) is 19.6 Å². The van der Waals surface area contributed by atoms with Crippen LogP contribution in [0.1, 0.15) is 97.4 Å². The van der Waals surface area contributed by atoms with Gasteiger partial charge in [0.2, 0.25) is 8.32 Å². The summed E-state index contributed by atoms with van der Waals surface area (Å²) in [5.74, 6) is -2.03. The second-order valence-electron chi connectivity index (χ2n) is 18.2. The van der Waals surface area contributed by atoms with Crippen LogP contribution >= 0.6 is 0 Å². The van der Waals surface area contributed by atoms with Gasteiger partial charge in [0.05, 0.1) is 17.2 Å². The largest absolute Gasteiger partial charge is 0.573 e. The molecule has 0 spiro atoms. The number of carbonyl (C=O) groups is 2. The van der Waals surface area contributed by atoms with Gasteiger partial charge in [0.15, 0.2) is 11.6 Å². The molecule has 2 N–H and O–H groups in total. The molecule has 0 radical (unpaired) electrons. The number of ether oxygens (including phenoxy) is 2. The lowest BCUT2D eigenvalue weighted by atomic mass is 10.1. The number of rotatable bonds is 18. The third kappa shape index (κ3) is 13.7. The predicted molar refractivity (Wildman–Crippen MR) is 252 cm³/mol. The molecule has 4 aromatic heterocycles. The van der Waals surface area contributed by atoms with E-state index in [0.29, 0.717) is 44.6 Å². The minimum Gasteiger partial charge on any atom is -0.413 e. The van der Waals surface area contributed by atoms with Gasteiger partial charge in [-0.05, 0) is 89.1 Å². The third-order valence-electron chi connectivity index (χ3n) is 12.4. The Morgan fingerprint density at radius 1 is 0.714 bits per heavy atom. The molecule has 4 heterocycles. The van der Waals surface area contributed by atoms with Crippen molar-refractivity contribution in [3.05, 3.63) is 162 Å². The molecule has 19 heteroatoms. The molecule has 374 valence electrons. The van der Waals surface area contributed by atoms with Crippen LogP contribution in [0, 0.1) is 11.7 Å². The lowest BCUT2D eigenvalue weighted by molar-refractivity contribution is -0.275. The van der Waals surface area contributed by atoms with E-state index < -0.39 is 32.6 Å². The molecule has 1 saturated carbocycles. The average Bonchev–Trinajstić information content (AvgIpc) is 4.05. The number of benzene rings is 2. The third-order valence-corrected chi connectivity index (χ3v) is 18.5. The van der Waals surface area contributed by atoms with Gasteiger partial charge < -0.3 is 33.5 Å². The minimum absolute atomic E-state index is 0.00526. The fourth-order valence-electron chi connectivity index (χ4n) is 9.44. The summed E-state index contributed by atoms with van der Waals surface area (Å²) in [5, 5.41) is 13.8. The number of aromatic nitrogens is 4. The zero-order chi connectivity index (χ0) is 51.0. The summed E-state index contributed by atoms with van der Waals surface area (Å²) in [5.41, 5.74) is 4.07. The summed E-state index contributed by atoms with van der Waals surface area (Å²) in [6.07, 6.45) is 3.89. The normalized spacial score (nSPS) is 16.3. The van der Waals surface area contributed by atoms with Gasteiger partial charge in [-0.2, -0.15) is 0 Å². The zero-order valence-electron chi connectivity index (χ0n) is 39.5. The highest BCUT2D eigenvalue weighted by molar-refractivity contribution is 6.77. The summed E-state index contributed by atoms with van der Waals surface area (Å²) in [7, 11) is -2.15. The van der Waals surface area contributed by atoms with Gasteiger partial charge in [0.25, 0.3) is 0 Å². The number of alkyl halides is 6. The number of nitrogens with one attached hydrogen (secondary N) is 1. The molecule has 1 fully saturated rings. The summed E-state index contributed by atoms with van der Waals surface area (Å²) < 4.78 is 107. The number of pyridine rings is 2. The van der Waals surface area contributed by atoms with Crippen molar-refractivity contribution in [2.24, 2.45) is 5.92 Å². The quantitative estimate of drug-likeness (QED) is 0.0491. The van der Waals surface area contributed by atoms with Crippen molar-refractivity contribution in [2.45, 2.75) is 109 Å². The van der Waals surface area contributed by atoms with Gasteiger partial charge >= 0.3 is 12.7 Å². The van der Waals surface area contributed by atoms with E-state index in [2.05, 4.69) is 66.3 Å². The molecule has 2 aromatic carbocycles. The molecule has 0 aliphatic heterocycles. The van der Waals surface area contributed by atoms with Gasteiger partial charge in [0.1, 0.15) is 17.3 Å². The Kier molecular flexibility index (Phi) is 17.1. The van der Waals surface area contributed by atoms with Crippen LogP contribution in [0.2, 0.25) is 16.6 Å². The van der Waals surface area contributed by atoms with E-state index in [-0.39, 0.29) is 66.2 Å². The van der Waals surface area contributed by atoms with E-state index >= 15 is 0 Å². The molecule has 1 aliphatic rings. The van der Waals surface area contributed by atoms with Crippen molar-refractivity contribution in [3.63, 3.8) is 0 Å². The van der Waals surface area contributed by atoms with Crippen molar-refractivity contribution in [1.82, 2.24) is 19.1 Å². The number of hydrogen-bond acceptors (Lipinski definition) is 9. The fraction of sp³-hybridized carbons (Fsp3) is 0.373. The molecule has 70 heavy (non-hydrogen) atoms. The van der Waals surface area contributed by atoms with Crippen molar-refractivity contribution >= 4 is 25.6 Å². The predicted octanol–water partition coefficient (Wildman–Crippen LogP) is 12.0. The van der Waals surface area contributed by atoms with E-state index in [1.807, 2.05) is 0 Å². The minimum atomic E-state index is -4.77. The molecule has 0 amide bonds. The second kappa shape index (κ2) is 22.6. The molecule has 1 aliphatic carbocycles. The average molecular weight is 996 g/mol. The van der Waals surface area contributed by atoms with E-state index in [0.717, 1.165) is 25.1 Å². The number of nitrogens with zero attached hydrogens (tertiary/aromatic N) is 4. The SMILES string of the molecule is CC(C)[Si](O[C@H]1C[C@H](Nc2ccncc2C(=O)c2ccn(Cc3cccc(OC(F)(F)F)c3)c2)C[C@@H]1CO)(C(C)C)C(C)C.O=C(c1ccn(Cc2cccc(OC(F)(F)F)c2)c1)c1cnccc1F. The maximum absolute atomic E-state index is 13.7. The Hall–Kier alpha value is -6.31. The van der Waals surface area contributed by atoms with Crippen LogP contribution in [0.15, 0.2) is 122 Å². The van der Waals surface area contributed by atoms with Crippen molar-refractivity contribution in [1.29, 1.82) is 0 Å². The number of aliphatic hydroxyl groups is 1. The highest BCUT2D eigenvalue weighted by Gasteiger charge is 2.49. The van der Waals surface area contributed by atoms with E-state index in [1.54, 1.807) is 64.4 Å².